The van der Waals surface area contributed by atoms with E-state index in [1.54, 1.807) is 12.1 Å². The monoisotopic (exact) mass is 406 g/mol. The molecule has 0 saturated heterocycles. The lowest BCUT2D eigenvalue weighted by Crippen LogP contribution is -2.29. The minimum Gasteiger partial charge on any atom is -0.508 e. The van der Waals surface area contributed by atoms with E-state index in [1.165, 1.54) is 0 Å². The van der Waals surface area contributed by atoms with Crippen molar-refractivity contribution >= 4 is 23.3 Å². The van der Waals surface area contributed by atoms with Gasteiger partial charge in [0.2, 0.25) is 5.88 Å². The van der Waals surface area contributed by atoms with E-state index in [-0.39, 0.29) is 23.4 Å². The first-order valence-electron chi connectivity index (χ1n) is 9.55. The quantitative estimate of drug-likeness (QED) is 0.604. The summed E-state index contributed by atoms with van der Waals surface area (Å²) in [6.45, 7) is 1.88. The average molecular weight is 407 g/mol. The predicted octanol–water partition coefficient (Wildman–Crippen LogP) is 5.30. The molecule has 6 heteroatoms. The fourth-order valence-electron chi connectivity index (χ4n) is 4.44. The second-order valence-corrected chi connectivity index (χ2v) is 8.07. The lowest BCUT2D eigenvalue weighted by Gasteiger charge is -2.34. The number of aromatic hydroxyl groups is 1. The van der Waals surface area contributed by atoms with E-state index in [9.17, 15) is 9.90 Å². The topological polar surface area (TPSA) is 75.4 Å². The van der Waals surface area contributed by atoms with Crippen molar-refractivity contribution in [1.29, 1.82) is 0 Å². The number of carbonyl (C=O) groups excluding carboxylic acids is 1. The summed E-state index contributed by atoms with van der Waals surface area (Å²) in [5.74, 6) is 0.715. The number of anilines is 1. The highest BCUT2D eigenvalue weighted by molar-refractivity contribution is 6.30. The summed E-state index contributed by atoms with van der Waals surface area (Å²) in [6, 6.07) is 14.7. The number of hydrogen-bond donors (Lipinski definition) is 2. The average Bonchev–Trinajstić information content (AvgIpc) is 3.08. The zero-order valence-electron chi connectivity index (χ0n) is 15.8. The molecule has 2 aliphatic rings. The molecule has 5 nitrogen and oxygen atoms in total. The molecule has 0 radical (unpaired) electrons. The molecule has 1 aliphatic heterocycles. The minimum absolute atomic E-state index is 0.0806. The molecular formula is C23H19ClN2O3. The van der Waals surface area contributed by atoms with Gasteiger partial charge in [0.25, 0.3) is 0 Å². The van der Waals surface area contributed by atoms with Crippen molar-refractivity contribution in [3.05, 3.63) is 87.2 Å². The van der Waals surface area contributed by atoms with Gasteiger partial charge in [0.1, 0.15) is 5.75 Å². The van der Waals surface area contributed by atoms with Gasteiger partial charge in [-0.05, 0) is 54.7 Å². The van der Waals surface area contributed by atoms with Crippen molar-refractivity contribution in [3.8, 4) is 5.75 Å². The molecule has 2 heterocycles. The number of hydrogen-bond acceptors (Lipinski definition) is 5. The number of phenolic OH excluding ortho intramolecular Hbond substituents is 1. The van der Waals surface area contributed by atoms with Crippen LogP contribution in [0.3, 0.4) is 0 Å². The third kappa shape index (κ3) is 3.02. The van der Waals surface area contributed by atoms with E-state index in [0.717, 1.165) is 33.7 Å². The van der Waals surface area contributed by atoms with Crippen LogP contribution in [0.1, 0.15) is 47.1 Å². The molecule has 2 atom stereocenters. The number of nitrogens with zero attached hydrogens (tertiary/aromatic N) is 1. The largest absolute Gasteiger partial charge is 0.508 e. The minimum atomic E-state index is -0.258. The number of fused-ring (bicyclic) bond motifs is 1. The molecule has 0 saturated carbocycles. The number of ketones is 1. The Morgan fingerprint density at radius 1 is 1.07 bits per heavy atom. The third-order valence-electron chi connectivity index (χ3n) is 5.83. The molecule has 0 spiro atoms. The van der Waals surface area contributed by atoms with Gasteiger partial charge in [-0.25, -0.2) is 0 Å². The van der Waals surface area contributed by atoms with Gasteiger partial charge < -0.3 is 14.9 Å². The highest BCUT2D eigenvalue weighted by Crippen LogP contribution is 2.49. The fraction of sp³-hybridized carbons (Fsp3) is 0.217. The van der Waals surface area contributed by atoms with Gasteiger partial charge in [0, 0.05) is 28.6 Å². The maximum Gasteiger partial charge on any atom is 0.233 e. The zero-order valence-corrected chi connectivity index (χ0v) is 16.5. The number of benzene rings is 2. The van der Waals surface area contributed by atoms with Crippen LogP contribution in [0.2, 0.25) is 5.02 Å². The number of rotatable bonds is 2. The first-order valence-corrected chi connectivity index (χ1v) is 9.93. The van der Waals surface area contributed by atoms with Crippen molar-refractivity contribution in [2.75, 3.05) is 5.32 Å². The highest BCUT2D eigenvalue weighted by atomic mass is 35.5. The summed E-state index contributed by atoms with van der Waals surface area (Å²) in [6.07, 6.45) is 1.15. The number of carbonyl (C=O) groups is 1. The van der Waals surface area contributed by atoms with Gasteiger partial charge in [-0.2, -0.15) is 0 Å². The van der Waals surface area contributed by atoms with Gasteiger partial charge in [-0.1, -0.05) is 41.0 Å². The van der Waals surface area contributed by atoms with E-state index in [4.69, 9.17) is 16.1 Å². The van der Waals surface area contributed by atoms with Crippen LogP contribution < -0.4 is 5.32 Å². The maximum atomic E-state index is 13.3. The third-order valence-corrected chi connectivity index (χ3v) is 6.08. The van der Waals surface area contributed by atoms with Gasteiger partial charge in [0.05, 0.1) is 11.3 Å². The summed E-state index contributed by atoms with van der Waals surface area (Å²) in [4.78, 5) is 13.3. The van der Waals surface area contributed by atoms with Crippen molar-refractivity contribution in [2.45, 2.75) is 31.6 Å². The molecular weight excluding hydrogens is 388 g/mol. The molecule has 29 heavy (non-hydrogen) atoms. The van der Waals surface area contributed by atoms with Crippen molar-refractivity contribution < 1.29 is 14.4 Å². The molecule has 3 aromatic rings. The van der Waals surface area contributed by atoms with Gasteiger partial charge in [-0.3, -0.25) is 4.79 Å². The number of allylic oxidation sites excluding steroid dienone is 2. The van der Waals surface area contributed by atoms with Crippen molar-refractivity contribution in [2.24, 2.45) is 0 Å². The Balaban J connectivity index is 1.61. The molecule has 0 unspecified atom stereocenters. The second kappa shape index (κ2) is 6.78. The Bertz CT molecular complexity index is 1130. The van der Waals surface area contributed by atoms with Crippen LogP contribution in [0.4, 0.5) is 5.88 Å². The van der Waals surface area contributed by atoms with E-state index < -0.39 is 0 Å². The van der Waals surface area contributed by atoms with Crippen LogP contribution in [0.5, 0.6) is 5.75 Å². The van der Waals surface area contributed by atoms with Crippen LogP contribution in [-0.4, -0.2) is 16.0 Å². The molecule has 0 amide bonds. The number of nitrogens with one attached hydrogen (secondary N) is 1. The SMILES string of the molecule is Cc1noc2c1[C@@H](c1ccc(O)cc1)C1=C(C[C@H](c3ccc(Cl)cc3)CC1=O)N2. The second-order valence-electron chi connectivity index (χ2n) is 7.63. The zero-order chi connectivity index (χ0) is 20.1. The number of aromatic nitrogens is 1. The molecule has 146 valence electrons. The van der Waals surface area contributed by atoms with E-state index >= 15 is 0 Å². The fourth-order valence-corrected chi connectivity index (χ4v) is 4.57. The molecule has 2 aromatic carbocycles. The summed E-state index contributed by atoms with van der Waals surface area (Å²) in [5.41, 5.74) is 5.31. The van der Waals surface area contributed by atoms with E-state index in [1.807, 2.05) is 43.3 Å². The van der Waals surface area contributed by atoms with Crippen LogP contribution in [0.25, 0.3) is 0 Å². The molecule has 0 bridgehead atoms. The van der Waals surface area contributed by atoms with Gasteiger partial charge in [-0.15, -0.1) is 0 Å². The Hall–Kier alpha value is -3.05. The Kier molecular flexibility index (Phi) is 4.21. The summed E-state index contributed by atoms with van der Waals surface area (Å²) < 4.78 is 5.53. The van der Waals surface area contributed by atoms with Crippen LogP contribution in [0.15, 0.2) is 64.3 Å². The summed E-state index contributed by atoms with van der Waals surface area (Å²) >= 11 is 6.02. The molecule has 0 fully saturated rings. The van der Waals surface area contributed by atoms with Gasteiger partial charge >= 0.3 is 0 Å². The normalized spacial score (nSPS) is 20.8. The van der Waals surface area contributed by atoms with E-state index in [2.05, 4.69) is 10.5 Å². The van der Waals surface area contributed by atoms with Crippen LogP contribution >= 0.6 is 11.6 Å². The summed E-state index contributed by atoms with van der Waals surface area (Å²) in [7, 11) is 0. The first-order chi connectivity index (χ1) is 14.0. The Labute approximate surface area is 173 Å². The van der Waals surface area contributed by atoms with Crippen molar-refractivity contribution in [3.63, 3.8) is 0 Å². The lowest BCUT2D eigenvalue weighted by atomic mass is 9.72. The molecule has 1 aromatic heterocycles. The highest BCUT2D eigenvalue weighted by Gasteiger charge is 2.41. The predicted molar refractivity (Wildman–Crippen MR) is 110 cm³/mol. The van der Waals surface area contributed by atoms with Crippen molar-refractivity contribution in [1.82, 2.24) is 5.16 Å². The number of aryl methyl sites for hydroxylation is 1. The smallest absolute Gasteiger partial charge is 0.233 e. The number of halogens is 1. The first kappa shape index (κ1) is 18.0. The van der Waals surface area contributed by atoms with Gasteiger partial charge in [0.15, 0.2) is 5.78 Å². The molecule has 1 aliphatic carbocycles. The number of phenols is 1. The van der Waals surface area contributed by atoms with Crippen LogP contribution in [0, 0.1) is 6.92 Å². The maximum absolute atomic E-state index is 13.3. The summed E-state index contributed by atoms with van der Waals surface area (Å²) in [5, 5.41) is 17.8. The molecule has 5 rings (SSSR count). The van der Waals surface area contributed by atoms with Crippen LogP contribution in [-0.2, 0) is 4.79 Å². The Morgan fingerprint density at radius 3 is 2.48 bits per heavy atom. The van der Waals surface area contributed by atoms with E-state index in [0.29, 0.717) is 23.7 Å². The Morgan fingerprint density at radius 2 is 1.76 bits per heavy atom. The standard InChI is InChI=1S/C23H19ClN2O3/c1-12-20-21(14-4-8-17(27)9-5-14)22-18(25-23(20)29-26-12)10-15(11-19(22)28)13-2-6-16(24)7-3-13/h2-9,15,21,25,27H,10-11H2,1H3/t15-,21+/m0/s1. The lowest BCUT2D eigenvalue weighted by molar-refractivity contribution is -0.116. The number of Topliss-reactive ketones (excluding diaryl/α,β-unsaturated/α-hetero) is 1. The molecule has 2 N–H and O–H groups in total.